The van der Waals surface area contributed by atoms with Crippen molar-refractivity contribution in [3.8, 4) is 0 Å². The number of thioether (sulfide) groups is 1. The van der Waals surface area contributed by atoms with E-state index in [1.165, 1.54) is 16.7 Å². The number of carboxylic acid groups (broad SMARTS) is 1. The van der Waals surface area contributed by atoms with Crippen LogP contribution in [0.4, 0.5) is 0 Å². The minimum Gasteiger partial charge on any atom is -0.477 e. The maximum absolute atomic E-state index is 12.5. The summed E-state index contributed by atoms with van der Waals surface area (Å²) in [6.07, 6.45) is 3.86. The first kappa shape index (κ1) is 16.0. The van der Waals surface area contributed by atoms with Gasteiger partial charge >= 0.3 is 5.97 Å². The number of hydrogen-bond donors (Lipinski definition) is 1. The topological polar surface area (TPSA) is 79.7 Å². The molecule has 0 bridgehead atoms. The molecular formula is C16H18N2O4S. The van der Waals surface area contributed by atoms with Crippen molar-refractivity contribution >= 4 is 23.6 Å². The minimum atomic E-state index is -1.06. The molecule has 23 heavy (non-hydrogen) atoms. The van der Waals surface area contributed by atoms with E-state index in [0.29, 0.717) is 11.3 Å². The standard InChI is InChI=1S/C16H18N2O4S/c1-16(2,22-3)12-10-8-11(23-9-4-6-17-7-5-9)13(15(20)21)18(10)14(12)19/h4-7,10,12H,8H2,1-3H3,(H,20,21)/t10-,12+/m1/s1. The van der Waals surface area contributed by atoms with E-state index < -0.39 is 11.6 Å². The third-order valence-corrected chi connectivity index (χ3v) is 5.60. The Hall–Kier alpha value is -1.86. The smallest absolute Gasteiger partial charge is 0.353 e. The number of amides is 1. The molecule has 2 aliphatic heterocycles. The number of carboxylic acids is 1. The van der Waals surface area contributed by atoms with E-state index in [0.717, 1.165) is 4.90 Å². The average molecular weight is 334 g/mol. The fourth-order valence-corrected chi connectivity index (χ4v) is 4.28. The number of fused-ring (bicyclic) bond motifs is 1. The summed E-state index contributed by atoms with van der Waals surface area (Å²) in [4.78, 5) is 31.1. The highest BCUT2D eigenvalue weighted by atomic mass is 32.2. The van der Waals surface area contributed by atoms with Gasteiger partial charge < -0.3 is 14.7 Å². The molecule has 122 valence electrons. The van der Waals surface area contributed by atoms with E-state index in [9.17, 15) is 14.7 Å². The van der Waals surface area contributed by atoms with E-state index in [4.69, 9.17) is 4.74 Å². The van der Waals surface area contributed by atoms with Gasteiger partial charge in [-0.1, -0.05) is 11.8 Å². The van der Waals surface area contributed by atoms with E-state index in [1.54, 1.807) is 19.5 Å². The van der Waals surface area contributed by atoms with Gasteiger partial charge in [0.1, 0.15) is 5.70 Å². The number of pyridine rings is 1. The molecule has 1 amide bonds. The molecule has 1 aromatic heterocycles. The van der Waals surface area contributed by atoms with Crippen LogP contribution in [0.2, 0.25) is 0 Å². The summed E-state index contributed by atoms with van der Waals surface area (Å²) < 4.78 is 5.44. The number of ether oxygens (including phenoxy) is 1. The normalized spacial score (nSPS) is 23.8. The van der Waals surface area contributed by atoms with Crippen LogP contribution in [0.1, 0.15) is 20.3 Å². The molecule has 3 rings (SSSR count). The van der Waals surface area contributed by atoms with Crippen LogP contribution in [-0.4, -0.2) is 45.6 Å². The van der Waals surface area contributed by atoms with Crippen LogP contribution in [0, 0.1) is 5.92 Å². The number of carbonyl (C=O) groups is 2. The molecular weight excluding hydrogens is 316 g/mol. The highest BCUT2D eigenvalue weighted by Crippen LogP contribution is 2.50. The van der Waals surface area contributed by atoms with Gasteiger partial charge in [-0.05, 0) is 26.0 Å². The zero-order valence-electron chi connectivity index (χ0n) is 13.1. The fraction of sp³-hybridized carbons (Fsp3) is 0.438. The predicted octanol–water partition coefficient (Wildman–Crippen LogP) is 2.13. The van der Waals surface area contributed by atoms with E-state index in [-0.39, 0.29) is 23.6 Å². The van der Waals surface area contributed by atoms with Gasteiger partial charge in [-0.15, -0.1) is 0 Å². The zero-order valence-corrected chi connectivity index (χ0v) is 14.0. The average Bonchev–Trinajstić information content (AvgIpc) is 2.82. The number of rotatable bonds is 5. The molecule has 6 nitrogen and oxygen atoms in total. The summed E-state index contributed by atoms with van der Waals surface area (Å²) in [6, 6.07) is 3.50. The molecule has 2 aliphatic rings. The lowest BCUT2D eigenvalue weighted by Gasteiger charge is -2.49. The number of nitrogens with zero attached hydrogens (tertiary/aromatic N) is 2. The van der Waals surface area contributed by atoms with Crippen LogP contribution in [0.25, 0.3) is 0 Å². The lowest BCUT2D eigenvalue weighted by Crippen LogP contribution is -2.65. The molecule has 1 N–H and O–H groups in total. The number of carbonyl (C=O) groups excluding carboxylic acids is 1. The molecule has 0 saturated carbocycles. The van der Waals surface area contributed by atoms with E-state index in [2.05, 4.69) is 4.98 Å². The van der Waals surface area contributed by atoms with Crippen molar-refractivity contribution < 1.29 is 19.4 Å². The maximum Gasteiger partial charge on any atom is 0.353 e. The number of aliphatic carboxylic acids is 1. The Balaban J connectivity index is 1.90. The lowest BCUT2D eigenvalue weighted by atomic mass is 9.76. The molecule has 1 aromatic rings. The molecule has 1 fully saturated rings. The highest BCUT2D eigenvalue weighted by molar-refractivity contribution is 8.03. The Bertz CT molecular complexity index is 687. The summed E-state index contributed by atoms with van der Waals surface area (Å²) in [5.74, 6) is -1.56. The Labute approximate surface area is 138 Å². The summed E-state index contributed by atoms with van der Waals surface area (Å²) in [6.45, 7) is 3.72. The van der Waals surface area contributed by atoms with Crippen LogP contribution in [0.5, 0.6) is 0 Å². The summed E-state index contributed by atoms with van der Waals surface area (Å²) >= 11 is 1.38. The lowest BCUT2D eigenvalue weighted by molar-refractivity contribution is -0.172. The highest BCUT2D eigenvalue weighted by Gasteiger charge is 2.60. The Morgan fingerprint density at radius 3 is 2.65 bits per heavy atom. The largest absolute Gasteiger partial charge is 0.477 e. The zero-order chi connectivity index (χ0) is 16.8. The molecule has 0 aliphatic carbocycles. The SMILES string of the molecule is COC(C)(C)[C@@H]1C(=O)N2C(C(=O)O)=C(Sc3ccncc3)C[C@H]12. The number of aromatic nitrogens is 1. The van der Waals surface area contributed by atoms with Gasteiger partial charge in [-0.2, -0.15) is 0 Å². The summed E-state index contributed by atoms with van der Waals surface area (Å²) in [5, 5.41) is 9.54. The van der Waals surface area contributed by atoms with Crippen LogP contribution >= 0.6 is 11.8 Å². The molecule has 0 radical (unpaired) electrons. The Morgan fingerprint density at radius 2 is 2.09 bits per heavy atom. The first-order valence-corrected chi connectivity index (χ1v) is 8.11. The molecule has 0 unspecified atom stereocenters. The van der Waals surface area contributed by atoms with Crippen molar-refractivity contribution in [3.05, 3.63) is 35.1 Å². The minimum absolute atomic E-state index is 0.102. The number of hydrogen-bond acceptors (Lipinski definition) is 5. The molecule has 7 heteroatoms. The van der Waals surface area contributed by atoms with E-state index >= 15 is 0 Å². The molecule has 0 aromatic carbocycles. The first-order valence-electron chi connectivity index (χ1n) is 7.29. The third-order valence-electron chi connectivity index (χ3n) is 4.49. The Kier molecular flexibility index (Phi) is 3.93. The van der Waals surface area contributed by atoms with Crippen molar-refractivity contribution in [2.24, 2.45) is 5.92 Å². The van der Waals surface area contributed by atoms with Crippen LogP contribution < -0.4 is 0 Å². The molecule has 1 saturated heterocycles. The second-order valence-corrected chi connectivity index (χ2v) is 7.30. The monoisotopic (exact) mass is 334 g/mol. The van der Waals surface area contributed by atoms with Gasteiger partial charge in [-0.25, -0.2) is 4.79 Å². The van der Waals surface area contributed by atoms with Gasteiger partial charge in [-0.3, -0.25) is 9.78 Å². The van der Waals surface area contributed by atoms with Crippen molar-refractivity contribution in [2.45, 2.75) is 36.8 Å². The first-order chi connectivity index (χ1) is 10.9. The predicted molar refractivity (Wildman–Crippen MR) is 84.6 cm³/mol. The van der Waals surface area contributed by atoms with Gasteiger partial charge in [0.05, 0.1) is 17.6 Å². The second-order valence-electron chi connectivity index (χ2n) is 6.13. The summed E-state index contributed by atoms with van der Waals surface area (Å²) in [5.41, 5.74) is -0.511. The van der Waals surface area contributed by atoms with Crippen molar-refractivity contribution in [1.29, 1.82) is 0 Å². The second kappa shape index (κ2) is 5.65. The van der Waals surface area contributed by atoms with Crippen molar-refractivity contribution in [1.82, 2.24) is 9.88 Å². The third kappa shape index (κ3) is 2.53. The van der Waals surface area contributed by atoms with Crippen molar-refractivity contribution in [3.63, 3.8) is 0 Å². The molecule has 2 atom stereocenters. The fourth-order valence-electron chi connectivity index (χ4n) is 3.20. The number of β-lactam (4-membered cyclic amide) rings is 1. The number of methoxy groups -OCH3 is 1. The van der Waals surface area contributed by atoms with Gasteiger partial charge in [0.25, 0.3) is 0 Å². The van der Waals surface area contributed by atoms with Crippen LogP contribution in [-0.2, 0) is 14.3 Å². The maximum atomic E-state index is 12.5. The Morgan fingerprint density at radius 1 is 1.43 bits per heavy atom. The quantitative estimate of drug-likeness (QED) is 0.831. The van der Waals surface area contributed by atoms with Crippen LogP contribution in [0.15, 0.2) is 40.0 Å². The summed E-state index contributed by atoms with van der Waals surface area (Å²) in [7, 11) is 1.57. The van der Waals surface area contributed by atoms with Crippen LogP contribution in [0.3, 0.4) is 0 Å². The van der Waals surface area contributed by atoms with E-state index in [1.807, 2.05) is 26.0 Å². The van der Waals surface area contributed by atoms with Gasteiger partial charge in [0.15, 0.2) is 0 Å². The van der Waals surface area contributed by atoms with Gasteiger partial charge in [0.2, 0.25) is 5.91 Å². The van der Waals surface area contributed by atoms with Crippen molar-refractivity contribution in [2.75, 3.05) is 7.11 Å². The molecule has 0 spiro atoms. The van der Waals surface area contributed by atoms with Gasteiger partial charge in [0, 0.05) is 35.7 Å². The molecule has 3 heterocycles.